The molecule has 0 saturated carbocycles. The van der Waals surface area contributed by atoms with Crippen molar-refractivity contribution in [3.63, 3.8) is 0 Å². The van der Waals surface area contributed by atoms with Crippen LogP contribution in [-0.2, 0) is 0 Å². The molecule has 0 radical (unpaired) electrons. The minimum absolute atomic E-state index is 0.0452. The van der Waals surface area contributed by atoms with Crippen LogP contribution in [0.15, 0.2) is 54.6 Å². The van der Waals surface area contributed by atoms with Crippen molar-refractivity contribution in [1.29, 1.82) is 0 Å². The standard InChI is InChI=1S/C23H18ClF3IN3O/c24-14-2-1-3-16(8-14)29-10-13-11-31(12-13)23(32)17-5-6-18(25)21(27)22(17)30-20-7-4-15(28)9-19(20)26/h1-9,13,29-30H,10-12H2. The predicted molar refractivity (Wildman–Crippen MR) is 128 cm³/mol. The minimum Gasteiger partial charge on any atom is -0.385 e. The van der Waals surface area contributed by atoms with E-state index in [1.807, 2.05) is 40.8 Å². The molecule has 1 amide bonds. The van der Waals surface area contributed by atoms with Crippen LogP contribution in [0.4, 0.5) is 30.2 Å². The van der Waals surface area contributed by atoms with Crippen LogP contribution in [-0.4, -0.2) is 30.4 Å². The highest BCUT2D eigenvalue weighted by Crippen LogP contribution is 2.31. The third-order valence-corrected chi connectivity index (χ3v) is 6.09. The first kappa shape index (κ1) is 22.7. The van der Waals surface area contributed by atoms with E-state index < -0.39 is 23.4 Å². The maximum absolute atomic E-state index is 14.6. The number of likely N-dealkylation sites (tertiary alicyclic amines) is 1. The molecule has 1 fully saturated rings. The third-order valence-electron chi connectivity index (χ3n) is 5.18. The van der Waals surface area contributed by atoms with E-state index in [9.17, 15) is 18.0 Å². The van der Waals surface area contributed by atoms with Gasteiger partial charge in [0.15, 0.2) is 11.6 Å². The zero-order valence-corrected chi connectivity index (χ0v) is 19.6. The molecular formula is C23H18ClF3IN3O. The number of carbonyl (C=O) groups is 1. The summed E-state index contributed by atoms with van der Waals surface area (Å²) < 4.78 is 43.4. The number of benzene rings is 3. The Kier molecular flexibility index (Phi) is 6.80. The van der Waals surface area contributed by atoms with E-state index in [0.29, 0.717) is 28.2 Å². The van der Waals surface area contributed by atoms with Crippen LogP contribution in [0.25, 0.3) is 0 Å². The number of hydrogen-bond donors (Lipinski definition) is 2. The SMILES string of the molecule is O=C(c1ccc(F)c(F)c1Nc1ccc(I)cc1F)N1CC(CNc2cccc(Cl)c2)C1. The molecule has 4 nitrogen and oxygen atoms in total. The smallest absolute Gasteiger partial charge is 0.256 e. The maximum Gasteiger partial charge on any atom is 0.256 e. The van der Waals surface area contributed by atoms with Gasteiger partial charge in [-0.25, -0.2) is 13.2 Å². The molecule has 0 aromatic heterocycles. The summed E-state index contributed by atoms with van der Waals surface area (Å²) in [4.78, 5) is 14.5. The van der Waals surface area contributed by atoms with Gasteiger partial charge in [-0.2, -0.15) is 0 Å². The summed E-state index contributed by atoms with van der Waals surface area (Å²) in [6.07, 6.45) is 0. The summed E-state index contributed by atoms with van der Waals surface area (Å²) in [5, 5.41) is 6.46. The van der Waals surface area contributed by atoms with E-state index in [2.05, 4.69) is 10.6 Å². The Balaban J connectivity index is 1.45. The van der Waals surface area contributed by atoms with E-state index in [4.69, 9.17) is 11.6 Å². The van der Waals surface area contributed by atoms with Gasteiger partial charge in [0.05, 0.1) is 16.9 Å². The second kappa shape index (κ2) is 9.58. The van der Waals surface area contributed by atoms with Gasteiger partial charge >= 0.3 is 0 Å². The number of amides is 1. The van der Waals surface area contributed by atoms with E-state index >= 15 is 0 Å². The first-order chi connectivity index (χ1) is 15.3. The van der Waals surface area contributed by atoms with Crippen molar-refractivity contribution >= 4 is 57.2 Å². The Morgan fingerprint density at radius 2 is 1.84 bits per heavy atom. The van der Waals surface area contributed by atoms with Crippen molar-refractivity contribution in [2.75, 3.05) is 30.3 Å². The van der Waals surface area contributed by atoms with E-state index in [1.54, 1.807) is 17.0 Å². The summed E-state index contributed by atoms with van der Waals surface area (Å²) >= 11 is 7.92. The summed E-state index contributed by atoms with van der Waals surface area (Å²) in [5.41, 5.74) is 0.406. The molecule has 0 atom stereocenters. The highest BCUT2D eigenvalue weighted by atomic mass is 127. The largest absolute Gasteiger partial charge is 0.385 e. The van der Waals surface area contributed by atoms with E-state index in [0.717, 1.165) is 11.8 Å². The van der Waals surface area contributed by atoms with E-state index in [-0.39, 0.29) is 22.9 Å². The molecule has 3 aromatic rings. The molecule has 1 heterocycles. The summed E-state index contributed by atoms with van der Waals surface area (Å²) in [6, 6.07) is 13.7. The summed E-state index contributed by atoms with van der Waals surface area (Å²) in [5.74, 6) is -3.23. The molecule has 32 heavy (non-hydrogen) atoms. The molecule has 0 bridgehead atoms. The van der Waals surface area contributed by atoms with Gasteiger partial charge in [0, 0.05) is 39.8 Å². The van der Waals surface area contributed by atoms with Gasteiger partial charge in [-0.05, 0) is 71.1 Å². The second-order valence-corrected chi connectivity index (χ2v) is 9.18. The van der Waals surface area contributed by atoms with Gasteiger partial charge in [0.25, 0.3) is 5.91 Å². The van der Waals surface area contributed by atoms with Gasteiger partial charge < -0.3 is 15.5 Å². The Hall–Kier alpha value is -2.46. The average molecular weight is 572 g/mol. The van der Waals surface area contributed by atoms with Gasteiger partial charge in [-0.1, -0.05) is 17.7 Å². The Morgan fingerprint density at radius 3 is 2.56 bits per heavy atom. The van der Waals surface area contributed by atoms with Crippen molar-refractivity contribution in [2.24, 2.45) is 5.92 Å². The fraction of sp³-hybridized carbons (Fsp3) is 0.174. The van der Waals surface area contributed by atoms with Crippen molar-refractivity contribution in [3.8, 4) is 0 Å². The zero-order valence-electron chi connectivity index (χ0n) is 16.6. The topological polar surface area (TPSA) is 44.4 Å². The molecule has 0 spiro atoms. The first-order valence-corrected chi connectivity index (χ1v) is 11.3. The Morgan fingerprint density at radius 1 is 1.06 bits per heavy atom. The predicted octanol–water partition coefficient (Wildman–Crippen LogP) is 6.29. The van der Waals surface area contributed by atoms with Gasteiger partial charge in [0.2, 0.25) is 0 Å². The normalized spacial score (nSPS) is 13.6. The Labute approximate surface area is 201 Å². The van der Waals surface area contributed by atoms with Crippen LogP contribution in [0.5, 0.6) is 0 Å². The monoisotopic (exact) mass is 571 g/mol. The number of nitrogens with one attached hydrogen (secondary N) is 2. The van der Waals surface area contributed by atoms with Crippen LogP contribution >= 0.6 is 34.2 Å². The van der Waals surface area contributed by atoms with Crippen LogP contribution in [0.2, 0.25) is 5.02 Å². The maximum atomic E-state index is 14.6. The molecule has 9 heteroatoms. The Bertz CT molecular complexity index is 1170. The van der Waals surface area contributed by atoms with Crippen molar-refractivity contribution < 1.29 is 18.0 Å². The fourth-order valence-electron chi connectivity index (χ4n) is 3.47. The average Bonchev–Trinajstić information content (AvgIpc) is 2.72. The molecular weight excluding hydrogens is 554 g/mol. The molecule has 3 aromatic carbocycles. The summed E-state index contributed by atoms with van der Waals surface area (Å²) in [7, 11) is 0. The van der Waals surface area contributed by atoms with E-state index in [1.165, 1.54) is 18.2 Å². The van der Waals surface area contributed by atoms with Gasteiger partial charge in [0.1, 0.15) is 5.82 Å². The molecule has 2 N–H and O–H groups in total. The number of halogens is 5. The number of rotatable bonds is 6. The van der Waals surface area contributed by atoms with Crippen molar-refractivity contribution in [3.05, 3.63) is 86.2 Å². The fourth-order valence-corrected chi connectivity index (χ4v) is 4.12. The molecule has 0 unspecified atom stereocenters. The minimum atomic E-state index is -1.23. The molecule has 1 saturated heterocycles. The molecule has 4 rings (SSSR count). The molecule has 166 valence electrons. The summed E-state index contributed by atoms with van der Waals surface area (Å²) in [6.45, 7) is 1.56. The van der Waals surface area contributed by atoms with Crippen molar-refractivity contribution in [1.82, 2.24) is 4.90 Å². The zero-order chi connectivity index (χ0) is 22.8. The lowest BCUT2D eigenvalue weighted by atomic mass is 9.98. The van der Waals surface area contributed by atoms with Gasteiger partial charge in [-0.15, -0.1) is 0 Å². The van der Waals surface area contributed by atoms with Crippen LogP contribution in [0.1, 0.15) is 10.4 Å². The van der Waals surface area contributed by atoms with Crippen LogP contribution in [0.3, 0.4) is 0 Å². The van der Waals surface area contributed by atoms with Gasteiger partial charge in [-0.3, -0.25) is 4.79 Å². The lowest BCUT2D eigenvalue weighted by molar-refractivity contribution is 0.0522. The molecule has 1 aliphatic heterocycles. The van der Waals surface area contributed by atoms with Crippen LogP contribution in [0, 0.1) is 26.9 Å². The number of carbonyl (C=O) groups excluding carboxylic acids is 1. The third kappa shape index (κ3) is 4.96. The lowest BCUT2D eigenvalue weighted by Gasteiger charge is -2.40. The quantitative estimate of drug-likeness (QED) is 0.342. The highest BCUT2D eigenvalue weighted by molar-refractivity contribution is 14.1. The first-order valence-electron chi connectivity index (χ1n) is 9.80. The van der Waals surface area contributed by atoms with Crippen molar-refractivity contribution in [2.45, 2.75) is 0 Å². The van der Waals surface area contributed by atoms with Crippen LogP contribution < -0.4 is 10.6 Å². The number of nitrogens with zero attached hydrogens (tertiary/aromatic N) is 1. The molecule has 1 aliphatic rings. The number of hydrogen-bond acceptors (Lipinski definition) is 3. The highest BCUT2D eigenvalue weighted by Gasteiger charge is 2.33. The number of anilines is 3. The second-order valence-electron chi connectivity index (χ2n) is 7.50. The lowest BCUT2D eigenvalue weighted by Crippen LogP contribution is -2.52. The molecule has 0 aliphatic carbocycles.